The Morgan fingerprint density at radius 3 is 3.00 bits per heavy atom. The van der Waals surface area contributed by atoms with Crippen LogP contribution in [0.2, 0.25) is 0 Å². The third kappa shape index (κ3) is 2.28. The quantitative estimate of drug-likeness (QED) is 0.241. The number of aliphatic imine (C=N–C) groups is 1. The molecule has 70 valence electrons. The van der Waals surface area contributed by atoms with Crippen LogP contribution in [0.4, 0.5) is 0 Å². The van der Waals surface area contributed by atoms with E-state index in [4.69, 9.17) is 5.84 Å². The maximum absolute atomic E-state index is 5.33. The monoisotopic (exact) mass is 188 g/mol. The fourth-order valence-corrected chi connectivity index (χ4v) is 2.32. The van der Waals surface area contributed by atoms with Crippen molar-refractivity contribution in [2.45, 2.75) is 12.2 Å². The van der Waals surface area contributed by atoms with Crippen LogP contribution in [0.5, 0.6) is 0 Å². The molecule has 0 bridgehead atoms. The Hall–Kier alpha value is -0.420. The van der Waals surface area contributed by atoms with Gasteiger partial charge >= 0.3 is 0 Å². The van der Waals surface area contributed by atoms with E-state index in [1.807, 2.05) is 11.8 Å². The molecule has 3 N–H and O–H groups in total. The van der Waals surface area contributed by atoms with E-state index >= 15 is 0 Å². The Morgan fingerprint density at radius 2 is 2.50 bits per heavy atom. The van der Waals surface area contributed by atoms with Crippen molar-refractivity contribution >= 4 is 17.7 Å². The third-order valence-corrected chi connectivity index (χ3v) is 3.02. The van der Waals surface area contributed by atoms with Crippen molar-refractivity contribution < 1.29 is 0 Å². The predicted octanol–water partition coefficient (Wildman–Crippen LogP) is -0.127. The van der Waals surface area contributed by atoms with E-state index < -0.39 is 0 Å². The first kappa shape index (κ1) is 9.67. The van der Waals surface area contributed by atoms with Crippen LogP contribution >= 0.6 is 11.8 Å². The number of hydrogen-bond acceptors (Lipinski definition) is 3. The lowest BCUT2D eigenvalue weighted by molar-refractivity contribution is 0.419. The number of nitrogens with zero attached hydrogens (tertiary/aromatic N) is 2. The van der Waals surface area contributed by atoms with Crippen molar-refractivity contribution in [3.05, 3.63) is 0 Å². The molecule has 5 heteroatoms. The van der Waals surface area contributed by atoms with Gasteiger partial charge in [0.2, 0.25) is 5.96 Å². The molecule has 1 unspecified atom stereocenters. The second-order valence-corrected chi connectivity index (χ2v) is 4.37. The minimum absolute atomic E-state index is 0.670. The van der Waals surface area contributed by atoms with E-state index in [1.165, 1.54) is 0 Å². The maximum atomic E-state index is 5.33. The van der Waals surface area contributed by atoms with Crippen molar-refractivity contribution in [2.75, 3.05) is 25.9 Å². The fourth-order valence-electron chi connectivity index (χ4n) is 1.31. The summed E-state index contributed by atoms with van der Waals surface area (Å²) in [6.07, 6.45) is 0. The van der Waals surface area contributed by atoms with Crippen LogP contribution in [0.15, 0.2) is 4.99 Å². The Labute approximate surface area is 77.6 Å². The maximum Gasteiger partial charge on any atom is 0.208 e. The molecule has 1 saturated heterocycles. The molecular formula is C7H16N4S. The average Bonchev–Trinajstić information content (AvgIpc) is 2.07. The predicted molar refractivity (Wildman–Crippen MR) is 54.2 cm³/mol. The van der Waals surface area contributed by atoms with Crippen molar-refractivity contribution in [1.29, 1.82) is 0 Å². The number of nitrogens with two attached hydrogens (primary N) is 1. The number of guanidine groups is 1. The first-order valence-electron chi connectivity index (χ1n) is 4.08. The van der Waals surface area contributed by atoms with Gasteiger partial charge < -0.3 is 4.90 Å². The van der Waals surface area contributed by atoms with Gasteiger partial charge in [-0.2, -0.15) is 11.8 Å². The highest BCUT2D eigenvalue weighted by Gasteiger charge is 2.18. The summed E-state index contributed by atoms with van der Waals surface area (Å²) in [5, 5.41) is 0.670. The first-order valence-corrected chi connectivity index (χ1v) is 5.12. The number of thioether (sulfide) groups is 1. The van der Waals surface area contributed by atoms with E-state index in [0.29, 0.717) is 5.25 Å². The minimum atomic E-state index is 0.670. The molecule has 1 heterocycles. The summed E-state index contributed by atoms with van der Waals surface area (Å²) >= 11 is 1.99. The molecule has 0 aromatic rings. The van der Waals surface area contributed by atoms with Crippen molar-refractivity contribution in [3.63, 3.8) is 0 Å². The molecule has 0 amide bonds. The van der Waals surface area contributed by atoms with Crippen LogP contribution in [-0.4, -0.2) is 42.0 Å². The largest absolute Gasteiger partial charge is 0.340 e. The fraction of sp³-hybridized carbons (Fsp3) is 0.857. The summed E-state index contributed by atoms with van der Waals surface area (Å²) in [5.74, 6) is 7.28. The number of nitrogens with one attached hydrogen (secondary N) is 1. The topological polar surface area (TPSA) is 53.6 Å². The van der Waals surface area contributed by atoms with Crippen LogP contribution in [-0.2, 0) is 0 Å². The first-order chi connectivity index (χ1) is 5.77. The molecular weight excluding hydrogens is 172 g/mol. The van der Waals surface area contributed by atoms with Gasteiger partial charge in [-0.15, -0.1) is 0 Å². The zero-order valence-corrected chi connectivity index (χ0v) is 8.40. The van der Waals surface area contributed by atoms with Gasteiger partial charge in [-0.05, 0) is 0 Å². The van der Waals surface area contributed by atoms with Crippen LogP contribution in [0.3, 0.4) is 0 Å². The van der Waals surface area contributed by atoms with Crippen LogP contribution < -0.4 is 11.3 Å². The van der Waals surface area contributed by atoms with Gasteiger partial charge in [0, 0.05) is 31.1 Å². The zero-order valence-electron chi connectivity index (χ0n) is 7.58. The number of rotatable bonds is 0. The van der Waals surface area contributed by atoms with E-state index in [-0.39, 0.29) is 0 Å². The smallest absolute Gasteiger partial charge is 0.208 e. The minimum Gasteiger partial charge on any atom is -0.340 e. The molecule has 1 aliphatic rings. The lowest BCUT2D eigenvalue weighted by Gasteiger charge is -2.32. The summed E-state index contributed by atoms with van der Waals surface area (Å²) in [6, 6.07) is 0. The zero-order chi connectivity index (χ0) is 8.97. The molecule has 1 fully saturated rings. The molecule has 1 rings (SSSR count). The highest BCUT2D eigenvalue weighted by molar-refractivity contribution is 7.99. The molecule has 1 atom stereocenters. The van der Waals surface area contributed by atoms with Gasteiger partial charge in [0.25, 0.3) is 0 Å². The van der Waals surface area contributed by atoms with Gasteiger partial charge in [0.05, 0.1) is 0 Å². The third-order valence-electron chi connectivity index (χ3n) is 1.88. The Kier molecular flexibility index (Phi) is 3.68. The molecule has 1 aliphatic heterocycles. The molecule has 12 heavy (non-hydrogen) atoms. The SMILES string of the molecule is CN=C(NN)N1CCSC(C)C1. The van der Waals surface area contributed by atoms with Gasteiger partial charge in [-0.1, -0.05) is 6.92 Å². The molecule has 0 aromatic carbocycles. The molecule has 0 aliphatic carbocycles. The van der Waals surface area contributed by atoms with E-state index in [0.717, 1.165) is 24.8 Å². The van der Waals surface area contributed by atoms with E-state index in [1.54, 1.807) is 7.05 Å². The average molecular weight is 188 g/mol. The van der Waals surface area contributed by atoms with Gasteiger partial charge in [0.1, 0.15) is 0 Å². The standard InChI is InChI=1S/C7H16N4S/c1-6-5-11(3-4-12-6)7(9-2)10-8/h6H,3-5,8H2,1-2H3,(H,9,10). The van der Waals surface area contributed by atoms with Gasteiger partial charge in [-0.25, -0.2) is 5.84 Å². The van der Waals surface area contributed by atoms with E-state index in [2.05, 4.69) is 22.2 Å². The van der Waals surface area contributed by atoms with E-state index in [9.17, 15) is 0 Å². The summed E-state index contributed by atoms with van der Waals surface area (Å²) in [5.41, 5.74) is 2.61. The van der Waals surface area contributed by atoms with Crippen LogP contribution in [0.25, 0.3) is 0 Å². The van der Waals surface area contributed by atoms with Gasteiger partial charge in [-0.3, -0.25) is 10.4 Å². The number of hydrogen-bond donors (Lipinski definition) is 2. The Morgan fingerprint density at radius 1 is 1.75 bits per heavy atom. The summed E-state index contributed by atoms with van der Waals surface area (Å²) in [6.45, 7) is 4.29. The Bertz CT molecular complexity index is 171. The van der Waals surface area contributed by atoms with Gasteiger partial charge in [0.15, 0.2) is 0 Å². The molecule has 0 aromatic heterocycles. The second-order valence-electron chi connectivity index (χ2n) is 2.82. The van der Waals surface area contributed by atoms with Crippen LogP contribution in [0, 0.1) is 0 Å². The normalized spacial score (nSPS) is 25.8. The van der Waals surface area contributed by atoms with Crippen molar-refractivity contribution in [3.8, 4) is 0 Å². The molecule has 0 saturated carbocycles. The molecule has 0 radical (unpaired) electrons. The molecule has 0 spiro atoms. The summed E-state index contributed by atoms with van der Waals surface area (Å²) in [7, 11) is 1.75. The highest BCUT2D eigenvalue weighted by Crippen LogP contribution is 2.17. The Balaban J connectivity index is 2.50. The molecule has 4 nitrogen and oxygen atoms in total. The van der Waals surface area contributed by atoms with Crippen molar-refractivity contribution in [2.24, 2.45) is 10.8 Å². The highest BCUT2D eigenvalue weighted by atomic mass is 32.2. The van der Waals surface area contributed by atoms with Crippen molar-refractivity contribution in [1.82, 2.24) is 10.3 Å². The second kappa shape index (κ2) is 4.57. The summed E-state index contributed by atoms with van der Waals surface area (Å²) < 4.78 is 0. The van der Waals surface area contributed by atoms with Crippen LogP contribution in [0.1, 0.15) is 6.92 Å². The lowest BCUT2D eigenvalue weighted by Crippen LogP contribution is -2.49. The number of hydrazine groups is 1. The summed E-state index contributed by atoms with van der Waals surface area (Å²) in [4.78, 5) is 6.24. The lowest BCUT2D eigenvalue weighted by atomic mass is 10.4.